The highest BCUT2D eigenvalue weighted by Gasteiger charge is 2.04. The van der Waals surface area contributed by atoms with Crippen LogP contribution in [0.3, 0.4) is 0 Å². The fourth-order valence-corrected chi connectivity index (χ4v) is 2.04. The van der Waals surface area contributed by atoms with Crippen LogP contribution in [0.25, 0.3) is 0 Å². The van der Waals surface area contributed by atoms with Gasteiger partial charge in [-0.1, -0.05) is 25.8 Å². The highest BCUT2D eigenvalue weighted by atomic mass is 19.1. The SMILES string of the molecule is C/C=C(\C=C(\F)Cc1cc(F)cc(F)c1)CCCCC. The van der Waals surface area contributed by atoms with E-state index in [1.165, 1.54) is 6.08 Å². The molecule has 0 unspecified atom stereocenters. The van der Waals surface area contributed by atoms with E-state index in [0.717, 1.165) is 49.5 Å². The number of unbranched alkanes of at least 4 members (excludes halogenated alkanes) is 2. The zero-order valence-electron chi connectivity index (χ0n) is 12.1. The van der Waals surface area contributed by atoms with Crippen molar-refractivity contribution < 1.29 is 13.2 Å². The molecule has 0 amide bonds. The smallest absolute Gasteiger partial charge is 0.126 e. The molecule has 0 aliphatic carbocycles. The zero-order valence-corrected chi connectivity index (χ0v) is 12.1. The van der Waals surface area contributed by atoms with E-state index in [0.29, 0.717) is 5.56 Å². The van der Waals surface area contributed by atoms with E-state index < -0.39 is 11.6 Å². The number of rotatable bonds is 7. The van der Waals surface area contributed by atoms with Gasteiger partial charge in [-0.05, 0) is 49.1 Å². The van der Waals surface area contributed by atoms with Crippen LogP contribution in [0.15, 0.2) is 41.8 Å². The molecule has 0 fully saturated rings. The molecule has 0 radical (unpaired) electrons. The highest BCUT2D eigenvalue weighted by molar-refractivity contribution is 5.26. The maximum atomic E-state index is 13.9. The quantitative estimate of drug-likeness (QED) is 0.432. The number of halogens is 3. The molecule has 0 aliphatic rings. The molecule has 0 aliphatic heterocycles. The predicted octanol–water partition coefficient (Wildman–Crippen LogP) is 5.89. The minimum Gasteiger partial charge on any atom is -0.211 e. The van der Waals surface area contributed by atoms with Gasteiger partial charge in [0, 0.05) is 12.5 Å². The first-order valence-electron chi connectivity index (χ1n) is 7.01. The van der Waals surface area contributed by atoms with Gasteiger partial charge in [0.2, 0.25) is 0 Å². The average Bonchev–Trinajstić information content (AvgIpc) is 2.36. The van der Waals surface area contributed by atoms with Crippen LogP contribution < -0.4 is 0 Å². The molecular weight excluding hydrogens is 261 g/mol. The number of hydrogen-bond donors (Lipinski definition) is 0. The molecule has 0 nitrogen and oxygen atoms in total. The Morgan fingerprint density at radius 1 is 1.10 bits per heavy atom. The third kappa shape index (κ3) is 6.09. The topological polar surface area (TPSA) is 0 Å². The van der Waals surface area contributed by atoms with E-state index in [9.17, 15) is 13.2 Å². The van der Waals surface area contributed by atoms with Crippen LogP contribution >= 0.6 is 0 Å². The molecule has 0 spiro atoms. The van der Waals surface area contributed by atoms with Gasteiger partial charge in [0.05, 0.1) is 0 Å². The highest BCUT2D eigenvalue weighted by Crippen LogP contribution is 2.17. The molecule has 1 rings (SSSR count). The van der Waals surface area contributed by atoms with Gasteiger partial charge in [0.25, 0.3) is 0 Å². The van der Waals surface area contributed by atoms with Crippen molar-refractivity contribution in [3.8, 4) is 0 Å². The Balaban J connectivity index is 2.68. The van der Waals surface area contributed by atoms with Crippen molar-refractivity contribution in [1.29, 1.82) is 0 Å². The van der Waals surface area contributed by atoms with Crippen LogP contribution in [-0.2, 0) is 6.42 Å². The van der Waals surface area contributed by atoms with E-state index >= 15 is 0 Å². The van der Waals surface area contributed by atoms with Crippen LogP contribution in [0.4, 0.5) is 13.2 Å². The molecule has 110 valence electrons. The van der Waals surface area contributed by atoms with Crippen LogP contribution in [0, 0.1) is 11.6 Å². The van der Waals surface area contributed by atoms with E-state index in [4.69, 9.17) is 0 Å². The molecule has 0 saturated heterocycles. The van der Waals surface area contributed by atoms with Crippen molar-refractivity contribution in [2.24, 2.45) is 0 Å². The Morgan fingerprint density at radius 2 is 1.75 bits per heavy atom. The van der Waals surface area contributed by atoms with Crippen molar-refractivity contribution >= 4 is 0 Å². The van der Waals surface area contributed by atoms with Crippen molar-refractivity contribution in [3.05, 3.63) is 58.9 Å². The van der Waals surface area contributed by atoms with E-state index in [1.54, 1.807) is 0 Å². The second-order valence-corrected chi connectivity index (χ2v) is 4.87. The third-order valence-electron chi connectivity index (χ3n) is 3.08. The molecular formula is C17H21F3. The lowest BCUT2D eigenvalue weighted by atomic mass is 10.0. The fraction of sp³-hybridized carbons (Fsp3) is 0.412. The van der Waals surface area contributed by atoms with Gasteiger partial charge in [0.15, 0.2) is 0 Å². The zero-order chi connectivity index (χ0) is 15.0. The summed E-state index contributed by atoms with van der Waals surface area (Å²) in [5, 5.41) is 0. The van der Waals surface area contributed by atoms with Gasteiger partial charge < -0.3 is 0 Å². The van der Waals surface area contributed by atoms with E-state index in [2.05, 4.69) is 6.92 Å². The molecule has 3 heteroatoms. The monoisotopic (exact) mass is 282 g/mol. The maximum Gasteiger partial charge on any atom is 0.126 e. The Hall–Kier alpha value is -1.51. The molecule has 0 atom stereocenters. The molecule has 20 heavy (non-hydrogen) atoms. The summed E-state index contributed by atoms with van der Waals surface area (Å²) in [6.45, 7) is 3.98. The Morgan fingerprint density at radius 3 is 2.30 bits per heavy atom. The second-order valence-electron chi connectivity index (χ2n) is 4.87. The van der Waals surface area contributed by atoms with Crippen molar-refractivity contribution in [2.75, 3.05) is 0 Å². The van der Waals surface area contributed by atoms with Crippen LogP contribution in [0.5, 0.6) is 0 Å². The minimum absolute atomic E-state index is 0.0835. The van der Waals surface area contributed by atoms with Crippen molar-refractivity contribution in [1.82, 2.24) is 0 Å². The summed E-state index contributed by atoms with van der Waals surface area (Å²) < 4.78 is 39.9. The summed E-state index contributed by atoms with van der Waals surface area (Å²) in [7, 11) is 0. The van der Waals surface area contributed by atoms with Crippen LogP contribution in [0.2, 0.25) is 0 Å². The first-order chi connectivity index (χ1) is 9.55. The molecule has 0 N–H and O–H groups in total. The molecule has 0 heterocycles. The lowest BCUT2D eigenvalue weighted by molar-refractivity contribution is 0.573. The summed E-state index contributed by atoms with van der Waals surface area (Å²) in [6, 6.07) is 3.10. The number of benzene rings is 1. The van der Waals surface area contributed by atoms with Gasteiger partial charge in [-0.15, -0.1) is 0 Å². The Labute approximate surface area is 119 Å². The van der Waals surface area contributed by atoms with Gasteiger partial charge >= 0.3 is 0 Å². The minimum atomic E-state index is -0.679. The molecule has 1 aromatic rings. The molecule has 0 bridgehead atoms. The summed E-state index contributed by atoms with van der Waals surface area (Å²) in [5.41, 5.74) is 1.23. The molecule has 1 aromatic carbocycles. The fourth-order valence-electron chi connectivity index (χ4n) is 2.04. The van der Waals surface area contributed by atoms with E-state index in [1.807, 2.05) is 13.0 Å². The first-order valence-corrected chi connectivity index (χ1v) is 7.01. The Kier molecular flexibility index (Phi) is 7.13. The summed E-state index contributed by atoms with van der Waals surface area (Å²) in [6.07, 6.45) is 7.34. The summed E-state index contributed by atoms with van der Waals surface area (Å²) in [4.78, 5) is 0. The van der Waals surface area contributed by atoms with Crippen LogP contribution in [-0.4, -0.2) is 0 Å². The lowest BCUT2D eigenvalue weighted by Gasteiger charge is -2.04. The number of hydrogen-bond acceptors (Lipinski definition) is 0. The Bertz CT molecular complexity index is 467. The van der Waals surface area contributed by atoms with Crippen molar-refractivity contribution in [2.45, 2.75) is 46.0 Å². The average molecular weight is 282 g/mol. The number of allylic oxidation sites excluding steroid dienone is 4. The van der Waals surface area contributed by atoms with Crippen LogP contribution in [0.1, 0.15) is 45.1 Å². The largest absolute Gasteiger partial charge is 0.211 e. The second kappa shape index (κ2) is 8.62. The third-order valence-corrected chi connectivity index (χ3v) is 3.08. The van der Waals surface area contributed by atoms with Crippen molar-refractivity contribution in [3.63, 3.8) is 0 Å². The van der Waals surface area contributed by atoms with Gasteiger partial charge in [-0.3, -0.25) is 0 Å². The lowest BCUT2D eigenvalue weighted by Crippen LogP contribution is -1.91. The first kappa shape index (κ1) is 16.5. The standard InChI is InChI=1S/C17H21F3/c1-3-5-6-7-13(4-2)8-15(18)9-14-10-16(19)12-17(20)11-14/h4,8,10-12H,3,5-7,9H2,1-2H3/b13-4-,15-8+. The summed E-state index contributed by atoms with van der Waals surface area (Å²) in [5.74, 6) is -1.73. The maximum absolute atomic E-state index is 13.9. The van der Waals surface area contributed by atoms with Gasteiger partial charge in [0.1, 0.15) is 17.5 Å². The van der Waals surface area contributed by atoms with Gasteiger partial charge in [-0.25, -0.2) is 13.2 Å². The normalized spacial score (nSPS) is 12.8. The van der Waals surface area contributed by atoms with Gasteiger partial charge in [-0.2, -0.15) is 0 Å². The molecule has 0 saturated carbocycles. The summed E-state index contributed by atoms with van der Waals surface area (Å²) >= 11 is 0. The molecule has 0 aromatic heterocycles. The predicted molar refractivity (Wildman–Crippen MR) is 77.2 cm³/mol. The van der Waals surface area contributed by atoms with E-state index in [-0.39, 0.29) is 12.2 Å².